The molecule has 1 heterocycles. The summed E-state index contributed by atoms with van der Waals surface area (Å²) in [6.45, 7) is 0. The predicted octanol–water partition coefficient (Wildman–Crippen LogP) is 3.52. The highest BCUT2D eigenvalue weighted by molar-refractivity contribution is 5.89. The average molecular weight is 306 g/mol. The Morgan fingerprint density at radius 3 is 2.30 bits per heavy atom. The summed E-state index contributed by atoms with van der Waals surface area (Å²) in [6, 6.07) is 14.2. The molecule has 0 aliphatic rings. The van der Waals surface area contributed by atoms with E-state index in [2.05, 4.69) is 9.97 Å². The van der Waals surface area contributed by atoms with Crippen LogP contribution in [0.5, 0.6) is 5.75 Å². The summed E-state index contributed by atoms with van der Waals surface area (Å²) < 4.78 is 5.22. The molecule has 23 heavy (non-hydrogen) atoms. The fourth-order valence-corrected chi connectivity index (χ4v) is 2.24. The number of benzene rings is 2. The standard InChI is InChI=1S/C18H14N2O3/c1-23-15-7-3-5-13(9-15)17-11-19-10-16(20-17)12-4-2-6-14(8-12)18(21)22/h2-11H,1H3,(H,21,22). The van der Waals surface area contributed by atoms with Crippen molar-refractivity contribution in [2.24, 2.45) is 0 Å². The molecule has 0 fully saturated rings. The Hall–Kier alpha value is -3.21. The Labute approximate surface area is 133 Å². The van der Waals surface area contributed by atoms with Crippen molar-refractivity contribution in [3.05, 3.63) is 66.5 Å². The summed E-state index contributed by atoms with van der Waals surface area (Å²) in [5, 5.41) is 9.10. The minimum atomic E-state index is -0.969. The van der Waals surface area contributed by atoms with Crippen molar-refractivity contribution in [1.29, 1.82) is 0 Å². The maximum Gasteiger partial charge on any atom is 0.335 e. The second-order valence-electron chi connectivity index (χ2n) is 4.91. The number of ether oxygens (including phenoxy) is 1. The van der Waals surface area contributed by atoms with Crippen LogP contribution in [0.3, 0.4) is 0 Å². The fourth-order valence-electron chi connectivity index (χ4n) is 2.24. The van der Waals surface area contributed by atoms with Gasteiger partial charge < -0.3 is 9.84 Å². The SMILES string of the molecule is COc1cccc(-c2cncc(-c3cccc(C(=O)O)c3)n2)c1. The normalized spacial score (nSPS) is 10.3. The van der Waals surface area contributed by atoms with Crippen LogP contribution >= 0.6 is 0 Å². The van der Waals surface area contributed by atoms with Crippen LogP contribution in [0.15, 0.2) is 60.9 Å². The van der Waals surface area contributed by atoms with Crippen LogP contribution in [0.2, 0.25) is 0 Å². The van der Waals surface area contributed by atoms with Crippen LogP contribution < -0.4 is 4.74 Å². The van der Waals surface area contributed by atoms with Gasteiger partial charge in [0.1, 0.15) is 5.75 Å². The van der Waals surface area contributed by atoms with Gasteiger partial charge in [-0.05, 0) is 24.3 Å². The number of nitrogens with zero attached hydrogens (tertiary/aromatic N) is 2. The molecule has 0 atom stereocenters. The van der Waals surface area contributed by atoms with E-state index < -0.39 is 5.97 Å². The van der Waals surface area contributed by atoms with Crippen molar-refractivity contribution in [3.63, 3.8) is 0 Å². The summed E-state index contributed by atoms with van der Waals surface area (Å²) in [7, 11) is 1.61. The van der Waals surface area contributed by atoms with Crippen LogP contribution in [0.1, 0.15) is 10.4 Å². The van der Waals surface area contributed by atoms with Crippen LogP contribution in [0.25, 0.3) is 22.5 Å². The lowest BCUT2D eigenvalue weighted by molar-refractivity contribution is 0.0697. The Morgan fingerprint density at radius 1 is 1.00 bits per heavy atom. The van der Waals surface area contributed by atoms with E-state index in [9.17, 15) is 4.79 Å². The predicted molar refractivity (Wildman–Crippen MR) is 86.4 cm³/mol. The molecular formula is C18H14N2O3. The van der Waals surface area contributed by atoms with Crippen molar-refractivity contribution >= 4 is 5.97 Å². The van der Waals surface area contributed by atoms with E-state index in [-0.39, 0.29) is 5.56 Å². The van der Waals surface area contributed by atoms with Gasteiger partial charge >= 0.3 is 5.97 Å². The van der Waals surface area contributed by atoms with Crippen molar-refractivity contribution in [1.82, 2.24) is 9.97 Å². The number of hydrogen-bond donors (Lipinski definition) is 1. The van der Waals surface area contributed by atoms with Gasteiger partial charge in [-0.1, -0.05) is 24.3 Å². The summed E-state index contributed by atoms with van der Waals surface area (Å²) in [5.74, 6) is -0.230. The van der Waals surface area contributed by atoms with Crippen LogP contribution in [-0.4, -0.2) is 28.2 Å². The maximum atomic E-state index is 11.1. The van der Waals surface area contributed by atoms with Gasteiger partial charge in [-0.3, -0.25) is 4.98 Å². The lowest BCUT2D eigenvalue weighted by Crippen LogP contribution is -1.97. The summed E-state index contributed by atoms with van der Waals surface area (Å²) in [5.41, 5.74) is 3.13. The third kappa shape index (κ3) is 3.18. The number of hydrogen-bond acceptors (Lipinski definition) is 4. The van der Waals surface area contributed by atoms with E-state index in [1.54, 1.807) is 37.7 Å². The smallest absolute Gasteiger partial charge is 0.335 e. The average Bonchev–Trinajstić information content (AvgIpc) is 2.62. The first-order valence-electron chi connectivity index (χ1n) is 6.97. The third-order valence-electron chi connectivity index (χ3n) is 3.41. The Kier molecular flexibility index (Phi) is 4.01. The quantitative estimate of drug-likeness (QED) is 0.798. The minimum absolute atomic E-state index is 0.219. The highest BCUT2D eigenvalue weighted by Crippen LogP contribution is 2.24. The molecule has 114 valence electrons. The maximum absolute atomic E-state index is 11.1. The molecular weight excluding hydrogens is 292 g/mol. The molecule has 3 rings (SSSR count). The molecule has 0 aliphatic carbocycles. The van der Waals surface area contributed by atoms with E-state index in [4.69, 9.17) is 9.84 Å². The van der Waals surface area contributed by atoms with Crippen LogP contribution in [0.4, 0.5) is 0 Å². The zero-order valence-electron chi connectivity index (χ0n) is 12.4. The topological polar surface area (TPSA) is 72.3 Å². The lowest BCUT2D eigenvalue weighted by atomic mass is 10.1. The molecule has 0 saturated heterocycles. The molecule has 0 aliphatic heterocycles. The van der Waals surface area contributed by atoms with Gasteiger partial charge in [-0.15, -0.1) is 0 Å². The molecule has 5 nitrogen and oxygen atoms in total. The van der Waals surface area contributed by atoms with Crippen molar-refractivity contribution in [2.75, 3.05) is 7.11 Å². The first kappa shape index (κ1) is 14.7. The van der Waals surface area contributed by atoms with E-state index in [1.807, 2.05) is 30.3 Å². The number of aromatic nitrogens is 2. The second-order valence-corrected chi connectivity index (χ2v) is 4.91. The van der Waals surface area contributed by atoms with E-state index in [0.717, 1.165) is 11.3 Å². The number of rotatable bonds is 4. The molecule has 0 bridgehead atoms. The van der Waals surface area contributed by atoms with E-state index >= 15 is 0 Å². The summed E-state index contributed by atoms with van der Waals surface area (Å²) >= 11 is 0. The van der Waals surface area contributed by atoms with Crippen molar-refractivity contribution in [2.45, 2.75) is 0 Å². The van der Waals surface area contributed by atoms with Gasteiger partial charge in [0.15, 0.2) is 0 Å². The number of carboxylic acids is 1. The molecule has 0 saturated carbocycles. The highest BCUT2D eigenvalue weighted by Gasteiger charge is 2.08. The minimum Gasteiger partial charge on any atom is -0.497 e. The molecule has 0 unspecified atom stereocenters. The summed E-state index contributed by atoms with van der Waals surface area (Å²) in [4.78, 5) is 19.9. The first-order valence-corrected chi connectivity index (χ1v) is 6.97. The molecule has 3 aromatic rings. The number of methoxy groups -OCH3 is 1. The van der Waals surface area contributed by atoms with Gasteiger partial charge in [0.25, 0.3) is 0 Å². The zero-order valence-corrected chi connectivity index (χ0v) is 12.4. The lowest BCUT2D eigenvalue weighted by Gasteiger charge is -2.06. The number of carboxylic acid groups (broad SMARTS) is 1. The van der Waals surface area contributed by atoms with Crippen LogP contribution in [-0.2, 0) is 0 Å². The number of carbonyl (C=O) groups is 1. The van der Waals surface area contributed by atoms with Gasteiger partial charge in [0, 0.05) is 11.1 Å². The van der Waals surface area contributed by atoms with Gasteiger partial charge in [0.05, 0.1) is 36.5 Å². The van der Waals surface area contributed by atoms with Gasteiger partial charge in [-0.25, -0.2) is 9.78 Å². The largest absolute Gasteiger partial charge is 0.497 e. The van der Waals surface area contributed by atoms with Crippen LogP contribution in [0, 0.1) is 0 Å². The molecule has 1 aromatic heterocycles. The fraction of sp³-hybridized carbons (Fsp3) is 0.0556. The molecule has 5 heteroatoms. The summed E-state index contributed by atoms with van der Waals surface area (Å²) in [6.07, 6.45) is 3.28. The second kappa shape index (κ2) is 6.27. The molecule has 2 aromatic carbocycles. The van der Waals surface area contributed by atoms with E-state index in [0.29, 0.717) is 17.0 Å². The first-order chi connectivity index (χ1) is 11.2. The third-order valence-corrected chi connectivity index (χ3v) is 3.41. The van der Waals surface area contributed by atoms with E-state index in [1.165, 1.54) is 0 Å². The highest BCUT2D eigenvalue weighted by atomic mass is 16.5. The Bertz CT molecular complexity index is 862. The van der Waals surface area contributed by atoms with Crippen molar-refractivity contribution in [3.8, 4) is 28.3 Å². The molecule has 0 radical (unpaired) electrons. The van der Waals surface area contributed by atoms with Gasteiger partial charge in [-0.2, -0.15) is 0 Å². The monoisotopic (exact) mass is 306 g/mol. The van der Waals surface area contributed by atoms with Crippen molar-refractivity contribution < 1.29 is 14.6 Å². The Balaban J connectivity index is 2.03. The molecule has 1 N–H and O–H groups in total. The zero-order chi connectivity index (χ0) is 16.2. The molecule has 0 amide bonds. The Morgan fingerprint density at radius 2 is 1.65 bits per heavy atom. The van der Waals surface area contributed by atoms with Gasteiger partial charge in [0.2, 0.25) is 0 Å². The molecule has 0 spiro atoms. The number of aromatic carboxylic acids is 1.